The van der Waals surface area contributed by atoms with E-state index in [1.165, 1.54) is 0 Å². The maximum absolute atomic E-state index is 12.9. The smallest absolute Gasteiger partial charge is 0.242 e. The van der Waals surface area contributed by atoms with Gasteiger partial charge in [-0.15, -0.1) is 0 Å². The highest BCUT2D eigenvalue weighted by molar-refractivity contribution is 7.89. The highest BCUT2D eigenvalue weighted by Crippen LogP contribution is 2.41. The summed E-state index contributed by atoms with van der Waals surface area (Å²) in [7, 11) is -3.71. The number of benzene rings is 1. The minimum Gasteiger partial charge on any atom is -0.369 e. The van der Waals surface area contributed by atoms with Crippen molar-refractivity contribution in [2.75, 3.05) is 4.90 Å². The van der Waals surface area contributed by atoms with E-state index < -0.39 is 15.7 Å². The third kappa shape index (κ3) is 3.41. The lowest BCUT2D eigenvalue weighted by Gasteiger charge is -2.46. The molecule has 1 fully saturated rings. The predicted molar refractivity (Wildman–Crippen MR) is 103 cm³/mol. The van der Waals surface area contributed by atoms with E-state index in [4.69, 9.17) is 11.5 Å². The topological polar surface area (TPSA) is 126 Å². The fraction of sp³-hybridized carbons (Fsp3) is 0.529. The molecule has 1 aromatic rings. The molecule has 0 bridgehead atoms. The van der Waals surface area contributed by atoms with Crippen LogP contribution in [0.2, 0.25) is 0 Å². The standard InChI is InChI=1S/C17H26N6O2S/c1-12(2)22-26(24,25)14-9-5-4-8-13(14)23-16(19)20-15(18)21-17(23)10-6-3-7-11-17/h4-5,8-9,12,22H,3,6-7,10-11H2,1-2H3,(H4,18,19,20,21). The van der Waals surface area contributed by atoms with Crippen molar-refractivity contribution in [2.24, 2.45) is 21.5 Å². The van der Waals surface area contributed by atoms with Crippen molar-refractivity contribution >= 4 is 27.6 Å². The monoisotopic (exact) mass is 378 g/mol. The second-order valence-corrected chi connectivity index (χ2v) is 8.74. The van der Waals surface area contributed by atoms with E-state index in [1.807, 2.05) is 0 Å². The van der Waals surface area contributed by atoms with Gasteiger partial charge in [0, 0.05) is 6.04 Å². The molecule has 8 nitrogen and oxygen atoms in total. The lowest BCUT2D eigenvalue weighted by atomic mass is 9.87. The van der Waals surface area contributed by atoms with E-state index in [2.05, 4.69) is 14.7 Å². The SMILES string of the molecule is CC(C)NS(=O)(=O)c1ccccc1N1C(N)=NC(N)=NC12CCCCC2. The van der Waals surface area contributed by atoms with Gasteiger partial charge in [-0.2, -0.15) is 4.99 Å². The predicted octanol–water partition coefficient (Wildman–Crippen LogP) is 1.48. The number of hydrogen-bond acceptors (Lipinski definition) is 7. The van der Waals surface area contributed by atoms with Crippen LogP contribution in [-0.2, 0) is 10.0 Å². The molecular formula is C17H26N6O2S. The molecule has 1 aromatic carbocycles. The Morgan fingerprint density at radius 1 is 1.15 bits per heavy atom. The number of sulfonamides is 1. The summed E-state index contributed by atoms with van der Waals surface area (Å²) in [5.41, 5.74) is 11.9. The van der Waals surface area contributed by atoms with Crippen molar-refractivity contribution in [3.63, 3.8) is 0 Å². The lowest BCUT2D eigenvalue weighted by molar-refractivity contribution is 0.305. The summed E-state index contributed by atoms with van der Waals surface area (Å²) < 4.78 is 28.4. The lowest BCUT2D eigenvalue weighted by Crippen LogP contribution is -2.58. The maximum atomic E-state index is 12.9. The second kappa shape index (κ2) is 6.88. The number of anilines is 1. The highest BCUT2D eigenvalue weighted by atomic mass is 32.2. The largest absolute Gasteiger partial charge is 0.369 e. The Kier molecular flexibility index (Phi) is 4.94. The number of aliphatic imine (C=N–C) groups is 2. The van der Waals surface area contributed by atoms with Gasteiger partial charge in [0.1, 0.15) is 10.6 Å². The molecule has 1 saturated carbocycles. The summed E-state index contributed by atoms with van der Waals surface area (Å²) in [6, 6.07) is 6.57. The number of nitrogens with zero attached hydrogens (tertiary/aromatic N) is 3. The summed E-state index contributed by atoms with van der Waals surface area (Å²) in [4.78, 5) is 10.6. The molecule has 3 rings (SSSR count). The highest BCUT2D eigenvalue weighted by Gasteiger charge is 2.44. The van der Waals surface area contributed by atoms with Gasteiger partial charge >= 0.3 is 0 Å². The van der Waals surface area contributed by atoms with E-state index in [0.29, 0.717) is 5.69 Å². The van der Waals surface area contributed by atoms with Crippen LogP contribution in [0.5, 0.6) is 0 Å². The van der Waals surface area contributed by atoms with Crippen LogP contribution in [0.3, 0.4) is 0 Å². The first-order chi connectivity index (χ1) is 12.3. The minimum absolute atomic E-state index is 0.140. The Morgan fingerprint density at radius 2 is 1.81 bits per heavy atom. The van der Waals surface area contributed by atoms with Crippen LogP contribution in [0.25, 0.3) is 0 Å². The summed E-state index contributed by atoms with van der Waals surface area (Å²) in [5, 5.41) is 0. The first kappa shape index (κ1) is 18.7. The minimum atomic E-state index is -3.71. The van der Waals surface area contributed by atoms with Gasteiger partial charge in [0.2, 0.25) is 21.9 Å². The number of para-hydroxylation sites is 1. The van der Waals surface area contributed by atoms with Crippen molar-refractivity contribution < 1.29 is 8.42 Å². The zero-order valence-electron chi connectivity index (χ0n) is 15.1. The molecule has 142 valence electrons. The molecule has 0 atom stereocenters. The molecule has 26 heavy (non-hydrogen) atoms. The Balaban J connectivity index is 2.15. The second-order valence-electron chi connectivity index (χ2n) is 7.06. The third-order valence-electron chi connectivity index (χ3n) is 4.64. The van der Waals surface area contributed by atoms with Crippen LogP contribution in [0.4, 0.5) is 5.69 Å². The average Bonchev–Trinajstić information content (AvgIpc) is 2.54. The van der Waals surface area contributed by atoms with E-state index in [-0.39, 0.29) is 22.9 Å². The Hall–Kier alpha value is -2.13. The number of nitrogens with one attached hydrogen (secondary N) is 1. The molecule has 0 aromatic heterocycles. The number of nitrogens with two attached hydrogens (primary N) is 2. The summed E-state index contributed by atoms with van der Waals surface area (Å²) in [5.74, 6) is 0.313. The number of rotatable bonds is 4. The van der Waals surface area contributed by atoms with E-state index >= 15 is 0 Å². The van der Waals surface area contributed by atoms with Crippen molar-refractivity contribution in [3.8, 4) is 0 Å². The summed E-state index contributed by atoms with van der Waals surface area (Å²) in [6.07, 6.45) is 4.54. The Morgan fingerprint density at radius 3 is 2.46 bits per heavy atom. The molecule has 1 aliphatic heterocycles. The van der Waals surface area contributed by atoms with Crippen LogP contribution < -0.4 is 21.1 Å². The molecule has 1 heterocycles. The van der Waals surface area contributed by atoms with Crippen LogP contribution in [-0.4, -0.2) is 32.0 Å². The number of guanidine groups is 2. The fourth-order valence-corrected chi connectivity index (χ4v) is 5.15. The average molecular weight is 379 g/mol. The molecule has 2 aliphatic rings. The first-order valence-electron chi connectivity index (χ1n) is 8.86. The molecule has 0 amide bonds. The van der Waals surface area contributed by atoms with Gasteiger partial charge in [-0.25, -0.2) is 18.1 Å². The molecule has 5 N–H and O–H groups in total. The van der Waals surface area contributed by atoms with Gasteiger partial charge < -0.3 is 11.5 Å². The van der Waals surface area contributed by atoms with E-state index in [0.717, 1.165) is 32.1 Å². The molecule has 1 aliphatic carbocycles. The Labute approximate surface area is 154 Å². The first-order valence-corrected chi connectivity index (χ1v) is 10.3. The van der Waals surface area contributed by atoms with E-state index in [1.54, 1.807) is 43.0 Å². The molecule has 1 spiro atoms. The maximum Gasteiger partial charge on any atom is 0.242 e. The third-order valence-corrected chi connectivity index (χ3v) is 6.34. The molecule has 0 saturated heterocycles. The van der Waals surface area contributed by atoms with Gasteiger partial charge in [0.05, 0.1) is 5.69 Å². The molecular weight excluding hydrogens is 352 g/mol. The van der Waals surface area contributed by atoms with Gasteiger partial charge in [-0.1, -0.05) is 18.6 Å². The zero-order chi connectivity index (χ0) is 18.9. The van der Waals surface area contributed by atoms with Crippen molar-refractivity contribution in [3.05, 3.63) is 24.3 Å². The van der Waals surface area contributed by atoms with Crippen LogP contribution >= 0.6 is 0 Å². The summed E-state index contributed by atoms with van der Waals surface area (Å²) >= 11 is 0. The zero-order valence-corrected chi connectivity index (χ0v) is 16.0. The van der Waals surface area contributed by atoms with Gasteiger partial charge in [0.25, 0.3) is 0 Å². The van der Waals surface area contributed by atoms with Gasteiger partial charge in [0.15, 0.2) is 0 Å². The van der Waals surface area contributed by atoms with Crippen molar-refractivity contribution in [1.82, 2.24) is 4.72 Å². The summed E-state index contributed by atoms with van der Waals surface area (Å²) in [6.45, 7) is 3.56. The quantitative estimate of drug-likeness (QED) is 0.731. The molecule has 0 unspecified atom stereocenters. The molecule has 0 radical (unpaired) electrons. The molecule has 9 heteroatoms. The van der Waals surface area contributed by atoms with Crippen molar-refractivity contribution in [2.45, 2.75) is 62.6 Å². The van der Waals surface area contributed by atoms with Crippen LogP contribution in [0.1, 0.15) is 46.0 Å². The fourth-order valence-electron chi connectivity index (χ4n) is 3.71. The van der Waals surface area contributed by atoms with E-state index in [9.17, 15) is 8.42 Å². The van der Waals surface area contributed by atoms with Crippen LogP contribution in [0.15, 0.2) is 39.1 Å². The van der Waals surface area contributed by atoms with Crippen molar-refractivity contribution in [1.29, 1.82) is 0 Å². The van der Waals surface area contributed by atoms with Gasteiger partial charge in [-0.3, -0.25) is 4.90 Å². The van der Waals surface area contributed by atoms with Gasteiger partial charge in [-0.05, 0) is 51.7 Å². The number of hydrogen-bond donors (Lipinski definition) is 3. The normalized spacial score (nSPS) is 20.2. The Bertz CT molecular complexity index is 841. The van der Waals surface area contributed by atoms with Crippen LogP contribution in [0, 0.1) is 0 Å².